The largest absolute Gasteiger partial charge is 0.458 e. The number of carbonyl (C=O) groups excluding carboxylic acids is 1. The van der Waals surface area contributed by atoms with Gasteiger partial charge in [0.15, 0.2) is 0 Å². The molecular weight excluding hydrogens is 173 g/mol. The van der Waals surface area contributed by atoms with Crippen molar-refractivity contribution in [2.24, 2.45) is 11.7 Å². The molecule has 0 aromatic rings. The van der Waals surface area contributed by atoms with Gasteiger partial charge in [-0.25, -0.2) is 9.18 Å². The Hall–Kier alpha value is -0.640. The Morgan fingerprint density at radius 2 is 2.00 bits per heavy atom. The lowest BCUT2D eigenvalue weighted by atomic mass is 10.1. The van der Waals surface area contributed by atoms with Crippen molar-refractivity contribution >= 4 is 5.97 Å². The van der Waals surface area contributed by atoms with E-state index in [-0.39, 0.29) is 6.54 Å². The molecule has 2 unspecified atom stereocenters. The Balaban J connectivity index is 4.12. The van der Waals surface area contributed by atoms with Gasteiger partial charge in [0, 0.05) is 5.92 Å². The average Bonchev–Trinajstić information content (AvgIpc) is 1.98. The van der Waals surface area contributed by atoms with E-state index < -0.39 is 23.7 Å². The molecule has 0 aliphatic carbocycles. The molecular formula is C9H18FNO2. The number of carbonyl (C=O) groups is 1. The number of hydrogen-bond acceptors (Lipinski definition) is 3. The van der Waals surface area contributed by atoms with E-state index in [4.69, 9.17) is 10.5 Å². The second-order valence-electron chi connectivity index (χ2n) is 4.15. The van der Waals surface area contributed by atoms with Crippen LogP contribution in [-0.4, -0.2) is 24.3 Å². The van der Waals surface area contributed by atoms with Crippen LogP contribution < -0.4 is 5.73 Å². The molecule has 2 atom stereocenters. The minimum atomic E-state index is -1.62. The molecule has 0 aromatic heterocycles. The lowest BCUT2D eigenvalue weighted by Gasteiger charge is -2.22. The molecule has 0 aromatic carbocycles. The van der Waals surface area contributed by atoms with Crippen molar-refractivity contribution in [3.05, 3.63) is 0 Å². The van der Waals surface area contributed by atoms with E-state index in [2.05, 4.69) is 0 Å². The van der Waals surface area contributed by atoms with E-state index in [1.165, 1.54) is 0 Å². The van der Waals surface area contributed by atoms with Crippen LogP contribution in [0.4, 0.5) is 4.39 Å². The van der Waals surface area contributed by atoms with Crippen LogP contribution in [0.5, 0.6) is 0 Å². The summed E-state index contributed by atoms with van der Waals surface area (Å²) in [6, 6.07) is 0. The lowest BCUT2D eigenvalue weighted by molar-refractivity contribution is -0.162. The monoisotopic (exact) mass is 191 g/mol. The average molecular weight is 191 g/mol. The number of hydrogen-bond donors (Lipinski definition) is 1. The quantitative estimate of drug-likeness (QED) is 0.683. The molecule has 2 N–H and O–H groups in total. The molecule has 0 aliphatic heterocycles. The van der Waals surface area contributed by atoms with Gasteiger partial charge in [-0.3, -0.25) is 0 Å². The minimum absolute atomic E-state index is 0.139. The Kier molecular flexibility index (Phi) is 4.33. The van der Waals surface area contributed by atoms with E-state index in [1.54, 1.807) is 27.7 Å². The minimum Gasteiger partial charge on any atom is -0.458 e. The van der Waals surface area contributed by atoms with Gasteiger partial charge in [0.05, 0.1) is 0 Å². The van der Waals surface area contributed by atoms with E-state index >= 15 is 0 Å². The fourth-order valence-corrected chi connectivity index (χ4v) is 0.710. The first-order valence-electron chi connectivity index (χ1n) is 4.35. The molecule has 0 bridgehead atoms. The van der Waals surface area contributed by atoms with Crippen LogP contribution in [0.3, 0.4) is 0 Å². The first-order valence-corrected chi connectivity index (χ1v) is 4.35. The summed E-state index contributed by atoms with van der Waals surface area (Å²) in [5.41, 5.74) is 4.58. The highest BCUT2D eigenvalue weighted by atomic mass is 19.1. The number of rotatable bonds is 3. The van der Waals surface area contributed by atoms with Crippen LogP contribution in [0.2, 0.25) is 0 Å². The van der Waals surface area contributed by atoms with Crippen LogP contribution >= 0.6 is 0 Å². The summed E-state index contributed by atoms with van der Waals surface area (Å²) in [7, 11) is 0. The van der Waals surface area contributed by atoms with E-state index in [9.17, 15) is 9.18 Å². The van der Waals surface area contributed by atoms with Gasteiger partial charge in [-0.1, -0.05) is 6.92 Å². The summed E-state index contributed by atoms with van der Waals surface area (Å²) in [6.45, 7) is 6.81. The molecule has 0 heterocycles. The Morgan fingerprint density at radius 1 is 1.54 bits per heavy atom. The highest BCUT2D eigenvalue weighted by Gasteiger charge is 2.28. The smallest absolute Gasteiger partial charge is 0.341 e. The van der Waals surface area contributed by atoms with Crippen molar-refractivity contribution in [2.75, 3.05) is 6.54 Å². The summed E-state index contributed by atoms with van der Waals surface area (Å²) in [6.07, 6.45) is -1.62. The summed E-state index contributed by atoms with van der Waals surface area (Å²) in [5, 5.41) is 0. The van der Waals surface area contributed by atoms with Crippen molar-refractivity contribution in [3.8, 4) is 0 Å². The summed E-state index contributed by atoms with van der Waals surface area (Å²) in [4.78, 5) is 11.1. The first kappa shape index (κ1) is 12.4. The zero-order valence-electron chi connectivity index (χ0n) is 8.63. The first-order chi connectivity index (χ1) is 5.78. The van der Waals surface area contributed by atoms with Gasteiger partial charge in [-0.2, -0.15) is 0 Å². The maximum atomic E-state index is 13.2. The van der Waals surface area contributed by atoms with Crippen molar-refractivity contribution < 1.29 is 13.9 Å². The maximum absolute atomic E-state index is 13.2. The van der Waals surface area contributed by atoms with Gasteiger partial charge < -0.3 is 10.5 Å². The lowest BCUT2D eigenvalue weighted by Crippen LogP contribution is -2.35. The maximum Gasteiger partial charge on any atom is 0.341 e. The summed E-state index contributed by atoms with van der Waals surface area (Å²) < 4.78 is 18.0. The highest BCUT2D eigenvalue weighted by Crippen LogP contribution is 2.14. The molecule has 4 heteroatoms. The van der Waals surface area contributed by atoms with Gasteiger partial charge in [-0.05, 0) is 27.3 Å². The van der Waals surface area contributed by atoms with Gasteiger partial charge in [0.2, 0.25) is 6.17 Å². The fourth-order valence-electron chi connectivity index (χ4n) is 0.710. The Labute approximate surface area is 78.4 Å². The molecule has 3 nitrogen and oxygen atoms in total. The van der Waals surface area contributed by atoms with Crippen molar-refractivity contribution in [1.29, 1.82) is 0 Å². The molecule has 0 fully saturated rings. The van der Waals surface area contributed by atoms with E-state index in [0.29, 0.717) is 0 Å². The van der Waals surface area contributed by atoms with Gasteiger partial charge in [0.1, 0.15) is 5.60 Å². The van der Waals surface area contributed by atoms with E-state index in [0.717, 1.165) is 0 Å². The molecule has 13 heavy (non-hydrogen) atoms. The van der Waals surface area contributed by atoms with Gasteiger partial charge >= 0.3 is 5.97 Å². The highest BCUT2D eigenvalue weighted by molar-refractivity contribution is 5.75. The Bertz CT molecular complexity index is 177. The third kappa shape index (κ3) is 4.83. The normalized spacial score (nSPS) is 16.5. The third-order valence-corrected chi connectivity index (χ3v) is 1.50. The standard InChI is InChI=1S/C9H18FNO2/c1-6(5-11)7(10)8(12)13-9(2,3)4/h6-7H,5,11H2,1-4H3. The van der Waals surface area contributed by atoms with Crippen molar-refractivity contribution in [3.63, 3.8) is 0 Å². The SMILES string of the molecule is CC(CN)C(F)C(=O)OC(C)(C)C. The molecule has 78 valence electrons. The molecule has 0 saturated carbocycles. The molecule has 0 amide bonds. The molecule has 0 aliphatic rings. The Morgan fingerprint density at radius 3 is 2.31 bits per heavy atom. The van der Waals surface area contributed by atoms with Crippen LogP contribution in [0.15, 0.2) is 0 Å². The predicted octanol–water partition coefficient (Wildman–Crippen LogP) is 1.26. The van der Waals surface area contributed by atoms with Gasteiger partial charge in [0.25, 0.3) is 0 Å². The van der Waals surface area contributed by atoms with Crippen LogP contribution in [0.25, 0.3) is 0 Å². The predicted molar refractivity (Wildman–Crippen MR) is 49.0 cm³/mol. The molecule has 0 radical (unpaired) electrons. The number of ether oxygens (including phenoxy) is 1. The van der Waals surface area contributed by atoms with Crippen LogP contribution in [0.1, 0.15) is 27.7 Å². The van der Waals surface area contributed by atoms with Crippen LogP contribution in [-0.2, 0) is 9.53 Å². The number of alkyl halides is 1. The topological polar surface area (TPSA) is 52.3 Å². The van der Waals surface area contributed by atoms with Crippen LogP contribution in [0, 0.1) is 5.92 Å². The second-order valence-corrected chi connectivity index (χ2v) is 4.15. The second kappa shape index (κ2) is 4.56. The van der Waals surface area contributed by atoms with Gasteiger partial charge in [-0.15, -0.1) is 0 Å². The fraction of sp³-hybridized carbons (Fsp3) is 0.889. The number of nitrogens with two attached hydrogens (primary N) is 1. The van der Waals surface area contributed by atoms with Crippen molar-refractivity contribution in [1.82, 2.24) is 0 Å². The van der Waals surface area contributed by atoms with E-state index in [1.807, 2.05) is 0 Å². The number of halogens is 1. The van der Waals surface area contributed by atoms with Crippen molar-refractivity contribution in [2.45, 2.75) is 39.5 Å². The zero-order chi connectivity index (χ0) is 10.6. The number of esters is 1. The third-order valence-electron chi connectivity index (χ3n) is 1.50. The zero-order valence-corrected chi connectivity index (χ0v) is 8.63. The molecule has 0 saturated heterocycles. The molecule has 0 rings (SSSR count). The summed E-state index contributed by atoms with van der Waals surface area (Å²) in [5.74, 6) is -1.32. The molecule has 0 spiro atoms. The summed E-state index contributed by atoms with van der Waals surface area (Å²) >= 11 is 0.